The van der Waals surface area contributed by atoms with Gasteiger partial charge in [0, 0.05) is 31.3 Å². The minimum atomic E-state index is -0.448. The lowest BCUT2D eigenvalue weighted by Crippen LogP contribution is -2.37. The largest absolute Gasteiger partial charge is 0.496 e. The van der Waals surface area contributed by atoms with Gasteiger partial charge in [0.2, 0.25) is 5.91 Å². The zero-order valence-electron chi connectivity index (χ0n) is 16.1. The van der Waals surface area contributed by atoms with Crippen molar-refractivity contribution >= 4 is 17.5 Å². The van der Waals surface area contributed by atoms with Crippen LogP contribution in [0.1, 0.15) is 31.2 Å². The molecule has 1 fully saturated rings. The molecule has 27 heavy (non-hydrogen) atoms. The summed E-state index contributed by atoms with van der Waals surface area (Å²) in [5.74, 6) is 3.08. The first-order valence-corrected chi connectivity index (χ1v) is 9.34. The second kappa shape index (κ2) is 8.24. The zero-order chi connectivity index (χ0) is 19.3. The first-order chi connectivity index (χ1) is 13.1. The molecule has 0 spiro atoms. The average Bonchev–Trinajstić information content (AvgIpc) is 3.47. The van der Waals surface area contributed by atoms with Gasteiger partial charge in [-0.3, -0.25) is 4.79 Å². The molecule has 1 heterocycles. The van der Waals surface area contributed by atoms with Crippen LogP contribution in [0.5, 0.6) is 5.75 Å². The Hall–Kier alpha value is -2.83. The number of methoxy groups -OCH3 is 1. The Morgan fingerprint density at radius 2 is 1.85 bits per heavy atom. The van der Waals surface area contributed by atoms with Gasteiger partial charge in [0.15, 0.2) is 0 Å². The maximum atomic E-state index is 12.8. The summed E-state index contributed by atoms with van der Waals surface area (Å²) in [5.41, 5.74) is 0.524. The van der Waals surface area contributed by atoms with Crippen LogP contribution < -0.4 is 20.7 Å². The van der Waals surface area contributed by atoms with Crippen molar-refractivity contribution in [1.82, 2.24) is 15.3 Å². The number of ether oxygens (including phenoxy) is 1. The lowest BCUT2D eigenvalue weighted by molar-refractivity contribution is -0.123. The van der Waals surface area contributed by atoms with E-state index in [1.54, 1.807) is 7.11 Å². The quantitative estimate of drug-likeness (QED) is 0.589. The minimum Gasteiger partial charge on any atom is -0.496 e. The minimum absolute atomic E-state index is 0.0565. The van der Waals surface area contributed by atoms with E-state index in [0.29, 0.717) is 18.9 Å². The fourth-order valence-electron chi connectivity index (χ4n) is 3.25. The standard InChI is InChI=1S/C20H27N5O2/c1-4-21-17-13-18(25-14(2)24-17)22-11-12-23-19(26)20(9-10-20)15-7-5-6-8-16(15)27-3/h5-8,13H,4,9-12H2,1-3H3,(H,23,26)(H2,21,22,24,25). The highest BCUT2D eigenvalue weighted by molar-refractivity contribution is 5.92. The molecule has 1 amide bonds. The van der Waals surface area contributed by atoms with Gasteiger partial charge in [-0.2, -0.15) is 0 Å². The molecule has 1 aliphatic carbocycles. The molecule has 0 atom stereocenters. The molecule has 3 rings (SSSR count). The molecule has 0 bridgehead atoms. The van der Waals surface area contributed by atoms with E-state index in [2.05, 4.69) is 25.9 Å². The molecule has 2 aromatic rings. The first-order valence-electron chi connectivity index (χ1n) is 9.34. The highest BCUT2D eigenvalue weighted by atomic mass is 16.5. The van der Waals surface area contributed by atoms with Gasteiger partial charge in [-0.15, -0.1) is 0 Å². The van der Waals surface area contributed by atoms with Crippen LogP contribution in [0.4, 0.5) is 11.6 Å². The molecule has 1 saturated carbocycles. The van der Waals surface area contributed by atoms with Crippen molar-refractivity contribution in [1.29, 1.82) is 0 Å². The van der Waals surface area contributed by atoms with E-state index in [0.717, 1.165) is 42.3 Å². The summed E-state index contributed by atoms with van der Waals surface area (Å²) in [4.78, 5) is 21.5. The topological polar surface area (TPSA) is 88.2 Å². The molecule has 3 N–H and O–H groups in total. The summed E-state index contributed by atoms with van der Waals surface area (Å²) in [7, 11) is 1.64. The number of carbonyl (C=O) groups excluding carboxylic acids is 1. The number of benzene rings is 1. The normalized spacial score (nSPS) is 14.3. The van der Waals surface area contributed by atoms with Crippen molar-refractivity contribution < 1.29 is 9.53 Å². The summed E-state index contributed by atoms with van der Waals surface area (Å²) >= 11 is 0. The Labute approximate surface area is 159 Å². The second-order valence-corrected chi connectivity index (χ2v) is 6.68. The van der Waals surface area contributed by atoms with Crippen LogP contribution in [0.3, 0.4) is 0 Å². The van der Waals surface area contributed by atoms with Crippen LogP contribution in [0.25, 0.3) is 0 Å². The van der Waals surface area contributed by atoms with E-state index in [-0.39, 0.29) is 5.91 Å². The van der Waals surface area contributed by atoms with Crippen molar-refractivity contribution in [3.63, 3.8) is 0 Å². The van der Waals surface area contributed by atoms with E-state index in [9.17, 15) is 4.79 Å². The molecule has 1 aromatic carbocycles. The van der Waals surface area contributed by atoms with Gasteiger partial charge < -0.3 is 20.7 Å². The Balaban J connectivity index is 1.54. The van der Waals surface area contributed by atoms with Gasteiger partial charge in [-0.05, 0) is 32.8 Å². The van der Waals surface area contributed by atoms with Gasteiger partial charge in [0.1, 0.15) is 23.2 Å². The van der Waals surface area contributed by atoms with E-state index in [1.807, 2.05) is 44.2 Å². The fraction of sp³-hybridized carbons (Fsp3) is 0.450. The van der Waals surface area contributed by atoms with E-state index < -0.39 is 5.41 Å². The lowest BCUT2D eigenvalue weighted by Gasteiger charge is -2.18. The van der Waals surface area contributed by atoms with Gasteiger partial charge in [0.05, 0.1) is 12.5 Å². The molecule has 0 aliphatic heterocycles. The first kappa shape index (κ1) is 18.9. The van der Waals surface area contributed by atoms with Crippen LogP contribution in [0, 0.1) is 6.92 Å². The summed E-state index contributed by atoms with van der Waals surface area (Å²) in [6.07, 6.45) is 1.70. The molecule has 7 nitrogen and oxygen atoms in total. The van der Waals surface area contributed by atoms with Crippen molar-refractivity contribution in [2.24, 2.45) is 0 Å². The third-order valence-electron chi connectivity index (χ3n) is 4.72. The third kappa shape index (κ3) is 4.30. The summed E-state index contributed by atoms with van der Waals surface area (Å²) in [6.45, 7) is 5.80. The van der Waals surface area contributed by atoms with E-state index in [4.69, 9.17) is 4.74 Å². The van der Waals surface area contributed by atoms with Crippen LogP contribution in [-0.4, -0.2) is 42.6 Å². The highest BCUT2D eigenvalue weighted by Gasteiger charge is 2.52. The Kier molecular flexibility index (Phi) is 5.78. The number of anilines is 2. The predicted molar refractivity (Wildman–Crippen MR) is 106 cm³/mol. The molecule has 1 aliphatic rings. The number of para-hydroxylation sites is 1. The number of rotatable bonds is 9. The molecule has 1 aromatic heterocycles. The van der Waals surface area contributed by atoms with Crippen LogP contribution in [-0.2, 0) is 10.2 Å². The highest BCUT2D eigenvalue weighted by Crippen LogP contribution is 2.51. The van der Waals surface area contributed by atoms with Crippen LogP contribution in [0.15, 0.2) is 30.3 Å². The Bertz CT molecular complexity index is 805. The molecule has 144 valence electrons. The maximum absolute atomic E-state index is 12.8. The van der Waals surface area contributed by atoms with Crippen molar-refractivity contribution in [3.05, 3.63) is 41.7 Å². The fourth-order valence-corrected chi connectivity index (χ4v) is 3.25. The molecule has 0 saturated heterocycles. The van der Waals surface area contributed by atoms with Gasteiger partial charge in [0.25, 0.3) is 0 Å². The van der Waals surface area contributed by atoms with Crippen molar-refractivity contribution in [3.8, 4) is 5.75 Å². The predicted octanol–water partition coefficient (Wildman–Crippen LogP) is 2.49. The number of hydrogen-bond donors (Lipinski definition) is 3. The van der Waals surface area contributed by atoms with Gasteiger partial charge >= 0.3 is 0 Å². The smallest absolute Gasteiger partial charge is 0.230 e. The summed E-state index contributed by atoms with van der Waals surface area (Å²) in [5, 5.41) is 9.47. The SMILES string of the molecule is CCNc1cc(NCCNC(=O)C2(c3ccccc3OC)CC2)nc(C)n1. The molecule has 0 radical (unpaired) electrons. The number of aromatic nitrogens is 2. The second-order valence-electron chi connectivity index (χ2n) is 6.68. The number of nitrogens with one attached hydrogen (secondary N) is 3. The number of nitrogens with zero attached hydrogens (tertiary/aromatic N) is 2. The number of hydrogen-bond acceptors (Lipinski definition) is 6. The third-order valence-corrected chi connectivity index (χ3v) is 4.72. The molecule has 7 heteroatoms. The van der Waals surface area contributed by atoms with Crippen LogP contribution in [0.2, 0.25) is 0 Å². The average molecular weight is 369 g/mol. The number of amides is 1. The molecular weight excluding hydrogens is 342 g/mol. The Morgan fingerprint density at radius 3 is 2.52 bits per heavy atom. The van der Waals surface area contributed by atoms with Crippen molar-refractivity contribution in [2.45, 2.75) is 32.1 Å². The van der Waals surface area contributed by atoms with Gasteiger partial charge in [-0.25, -0.2) is 9.97 Å². The number of carbonyl (C=O) groups is 1. The Morgan fingerprint density at radius 1 is 1.15 bits per heavy atom. The summed E-state index contributed by atoms with van der Waals surface area (Å²) < 4.78 is 5.44. The number of aryl methyl sites for hydroxylation is 1. The van der Waals surface area contributed by atoms with Crippen LogP contribution >= 0.6 is 0 Å². The zero-order valence-corrected chi connectivity index (χ0v) is 16.1. The van der Waals surface area contributed by atoms with Gasteiger partial charge in [-0.1, -0.05) is 18.2 Å². The molecule has 0 unspecified atom stereocenters. The molecular formula is C20H27N5O2. The monoisotopic (exact) mass is 369 g/mol. The summed E-state index contributed by atoms with van der Waals surface area (Å²) in [6, 6.07) is 9.63. The van der Waals surface area contributed by atoms with Crippen molar-refractivity contribution in [2.75, 3.05) is 37.4 Å². The maximum Gasteiger partial charge on any atom is 0.230 e. The van der Waals surface area contributed by atoms with E-state index >= 15 is 0 Å². The lowest BCUT2D eigenvalue weighted by atomic mass is 9.94. The van der Waals surface area contributed by atoms with E-state index in [1.165, 1.54) is 0 Å².